The van der Waals surface area contributed by atoms with Gasteiger partial charge >= 0.3 is 6.03 Å². The first kappa shape index (κ1) is 13.5. The zero-order chi connectivity index (χ0) is 13.1. The molecule has 6 heteroatoms. The number of benzene rings is 1. The molecule has 0 aliphatic heterocycles. The summed E-state index contributed by atoms with van der Waals surface area (Å²) in [6, 6.07) is 4.89. The van der Waals surface area contributed by atoms with Crippen LogP contribution in [0.2, 0.25) is 10.0 Å². The van der Waals surface area contributed by atoms with Crippen LogP contribution in [-0.2, 0) is 0 Å². The average Bonchev–Trinajstić information content (AvgIpc) is 3.10. The SMILES string of the molecule is O=C(NCC(O)c1ccc(Cl)cc1Cl)NC1CC1. The van der Waals surface area contributed by atoms with E-state index in [-0.39, 0.29) is 12.6 Å². The molecule has 1 aromatic carbocycles. The lowest BCUT2D eigenvalue weighted by atomic mass is 10.1. The van der Waals surface area contributed by atoms with Crippen molar-refractivity contribution in [2.24, 2.45) is 0 Å². The van der Waals surface area contributed by atoms with Gasteiger partial charge < -0.3 is 15.7 Å². The molecule has 4 nitrogen and oxygen atoms in total. The van der Waals surface area contributed by atoms with Crippen LogP contribution in [0.15, 0.2) is 18.2 Å². The fraction of sp³-hybridized carbons (Fsp3) is 0.417. The zero-order valence-corrected chi connectivity index (χ0v) is 11.1. The topological polar surface area (TPSA) is 61.4 Å². The maximum Gasteiger partial charge on any atom is 0.315 e. The molecule has 1 fully saturated rings. The van der Waals surface area contributed by atoms with Gasteiger partial charge in [0, 0.05) is 28.2 Å². The van der Waals surface area contributed by atoms with Crippen molar-refractivity contribution in [2.75, 3.05) is 6.54 Å². The highest BCUT2D eigenvalue weighted by Gasteiger charge is 2.23. The van der Waals surface area contributed by atoms with Gasteiger partial charge in [-0.3, -0.25) is 0 Å². The number of urea groups is 1. The molecule has 0 spiro atoms. The number of aliphatic hydroxyl groups is 1. The summed E-state index contributed by atoms with van der Waals surface area (Å²) in [6.07, 6.45) is 1.21. The zero-order valence-electron chi connectivity index (χ0n) is 9.62. The van der Waals surface area contributed by atoms with E-state index in [0.717, 1.165) is 12.8 Å². The number of carbonyl (C=O) groups excluding carboxylic acids is 1. The predicted octanol–water partition coefficient (Wildman–Crippen LogP) is 2.49. The maximum absolute atomic E-state index is 11.4. The van der Waals surface area contributed by atoms with E-state index in [4.69, 9.17) is 23.2 Å². The van der Waals surface area contributed by atoms with Crippen molar-refractivity contribution in [2.45, 2.75) is 25.0 Å². The summed E-state index contributed by atoms with van der Waals surface area (Å²) in [4.78, 5) is 11.4. The van der Waals surface area contributed by atoms with Crippen molar-refractivity contribution < 1.29 is 9.90 Å². The van der Waals surface area contributed by atoms with Crippen LogP contribution in [0, 0.1) is 0 Å². The molecule has 0 heterocycles. The van der Waals surface area contributed by atoms with Gasteiger partial charge in [0.05, 0.1) is 6.10 Å². The Hall–Kier alpha value is -0.970. The number of aliphatic hydroxyl groups excluding tert-OH is 1. The Morgan fingerprint density at radius 2 is 2.17 bits per heavy atom. The minimum Gasteiger partial charge on any atom is -0.387 e. The van der Waals surface area contributed by atoms with Crippen LogP contribution in [0.25, 0.3) is 0 Å². The van der Waals surface area contributed by atoms with Crippen LogP contribution in [0.1, 0.15) is 24.5 Å². The van der Waals surface area contributed by atoms with Crippen LogP contribution in [0.4, 0.5) is 4.79 Å². The first-order valence-corrected chi connectivity index (χ1v) is 6.49. The largest absolute Gasteiger partial charge is 0.387 e. The van der Waals surface area contributed by atoms with Gasteiger partial charge in [-0.15, -0.1) is 0 Å². The Labute approximate surface area is 115 Å². The molecule has 1 aliphatic rings. The average molecular weight is 289 g/mol. The second-order valence-electron chi connectivity index (χ2n) is 4.31. The lowest BCUT2D eigenvalue weighted by Crippen LogP contribution is -2.38. The molecule has 2 rings (SSSR count). The van der Waals surface area contributed by atoms with E-state index in [2.05, 4.69) is 10.6 Å². The van der Waals surface area contributed by atoms with Crippen molar-refractivity contribution in [1.29, 1.82) is 0 Å². The molecule has 0 aromatic heterocycles. The fourth-order valence-electron chi connectivity index (χ4n) is 1.54. The van der Waals surface area contributed by atoms with Crippen molar-refractivity contribution >= 4 is 29.2 Å². The van der Waals surface area contributed by atoms with Gasteiger partial charge in [0.1, 0.15) is 0 Å². The third-order valence-electron chi connectivity index (χ3n) is 2.69. The monoisotopic (exact) mass is 288 g/mol. The molecule has 1 unspecified atom stereocenters. The van der Waals surface area contributed by atoms with Crippen LogP contribution >= 0.6 is 23.2 Å². The fourth-order valence-corrected chi connectivity index (χ4v) is 2.07. The lowest BCUT2D eigenvalue weighted by molar-refractivity contribution is 0.173. The van der Waals surface area contributed by atoms with E-state index in [9.17, 15) is 9.90 Å². The minimum absolute atomic E-state index is 0.111. The number of amides is 2. The third kappa shape index (κ3) is 3.77. The molecule has 0 saturated heterocycles. The highest BCUT2D eigenvalue weighted by Crippen LogP contribution is 2.25. The standard InChI is InChI=1S/C12H14Cl2N2O2/c13-7-1-4-9(10(14)5-7)11(17)6-15-12(18)16-8-2-3-8/h1,4-5,8,11,17H,2-3,6H2,(H2,15,16,18). The molecule has 98 valence electrons. The van der Waals surface area contributed by atoms with E-state index in [1.165, 1.54) is 0 Å². The van der Waals surface area contributed by atoms with Crippen LogP contribution in [0.5, 0.6) is 0 Å². The van der Waals surface area contributed by atoms with Crippen LogP contribution < -0.4 is 10.6 Å². The molecule has 1 aromatic rings. The van der Waals surface area contributed by atoms with Crippen molar-refractivity contribution in [3.8, 4) is 0 Å². The van der Waals surface area contributed by atoms with Gasteiger partial charge in [0.2, 0.25) is 0 Å². The first-order chi connectivity index (χ1) is 8.56. The summed E-state index contributed by atoms with van der Waals surface area (Å²) in [6.45, 7) is 0.111. The molecule has 0 bridgehead atoms. The second kappa shape index (κ2) is 5.78. The summed E-state index contributed by atoms with van der Waals surface area (Å²) < 4.78 is 0. The number of hydrogen-bond donors (Lipinski definition) is 3. The van der Waals surface area contributed by atoms with Crippen molar-refractivity contribution in [3.63, 3.8) is 0 Å². The van der Waals surface area contributed by atoms with E-state index in [0.29, 0.717) is 21.7 Å². The number of hydrogen-bond acceptors (Lipinski definition) is 2. The molecule has 18 heavy (non-hydrogen) atoms. The molecular weight excluding hydrogens is 275 g/mol. The highest BCUT2D eigenvalue weighted by atomic mass is 35.5. The third-order valence-corrected chi connectivity index (χ3v) is 3.25. The first-order valence-electron chi connectivity index (χ1n) is 5.73. The van der Waals surface area contributed by atoms with Gasteiger partial charge in [-0.05, 0) is 25.0 Å². The second-order valence-corrected chi connectivity index (χ2v) is 5.15. The smallest absolute Gasteiger partial charge is 0.315 e. The molecule has 0 radical (unpaired) electrons. The summed E-state index contributed by atoms with van der Waals surface area (Å²) >= 11 is 11.7. The van der Waals surface area contributed by atoms with Crippen LogP contribution in [0.3, 0.4) is 0 Å². The van der Waals surface area contributed by atoms with Crippen molar-refractivity contribution in [3.05, 3.63) is 33.8 Å². The number of carbonyl (C=O) groups is 1. The Morgan fingerprint density at radius 3 is 2.78 bits per heavy atom. The minimum atomic E-state index is -0.847. The molecular formula is C12H14Cl2N2O2. The lowest BCUT2D eigenvalue weighted by Gasteiger charge is -2.14. The Kier molecular flexibility index (Phi) is 4.32. The van der Waals surface area contributed by atoms with Crippen LogP contribution in [-0.4, -0.2) is 23.7 Å². The molecule has 3 N–H and O–H groups in total. The summed E-state index contributed by atoms with van der Waals surface area (Å²) in [5.74, 6) is 0. The highest BCUT2D eigenvalue weighted by molar-refractivity contribution is 6.35. The summed E-state index contributed by atoms with van der Waals surface area (Å²) in [5, 5.41) is 16.2. The molecule has 1 aliphatic carbocycles. The van der Waals surface area contributed by atoms with Gasteiger partial charge in [-0.25, -0.2) is 4.79 Å². The number of nitrogens with one attached hydrogen (secondary N) is 2. The predicted molar refractivity (Wildman–Crippen MR) is 71.0 cm³/mol. The van der Waals surface area contributed by atoms with Gasteiger partial charge in [-0.1, -0.05) is 29.3 Å². The Bertz CT molecular complexity index is 450. The number of rotatable bonds is 4. The van der Waals surface area contributed by atoms with E-state index in [1.807, 2.05) is 0 Å². The van der Waals surface area contributed by atoms with E-state index < -0.39 is 6.10 Å². The number of halogens is 2. The van der Waals surface area contributed by atoms with Gasteiger partial charge in [0.25, 0.3) is 0 Å². The quantitative estimate of drug-likeness (QED) is 0.797. The molecule has 1 saturated carbocycles. The molecule has 2 amide bonds. The van der Waals surface area contributed by atoms with E-state index >= 15 is 0 Å². The Morgan fingerprint density at radius 1 is 1.44 bits per heavy atom. The van der Waals surface area contributed by atoms with E-state index in [1.54, 1.807) is 18.2 Å². The van der Waals surface area contributed by atoms with Gasteiger partial charge in [0.15, 0.2) is 0 Å². The van der Waals surface area contributed by atoms with Crippen molar-refractivity contribution in [1.82, 2.24) is 10.6 Å². The Balaban J connectivity index is 1.86. The summed E-state index contributed by atoms with van der Waals surface area (Å²) in [5.41, 5.74) is 0.549. The molecule has 1 atom stereocenters. The normalized spacial score (nSPS) is 16.2. The van der Waals surface area contributed by atoms with Gasteiger partial charge in [-0.2, -0.15) is 0 Å². The summed E-state index contributed by atoms with van der Waals surface area (Å²) in [7, 11) is 0. The maximum atomic E-state index is 11.4.